The van der Waals surface area contributed by atoms with Crippen LogP contribution in [0, 0.1) is 0 Å². The van der Waals surface area contributed by atoms with Crippen LogP contribution < -0.4 is 10.0 Å². The lowest BCUT2D eigenvalue weighted by Crippen LogP contribution is -2.30. The lowest BCUT2D eigenvalue weighted by molar-refractivity contribution is -0.267. The minimum Gasteiger partial charge on any atom is -0.871 e. The molecule has 2 rings (SSSR count). The average molecular weight is 232 g/mol. The molecule has 0 spiro atoms. The van der Waals surface area contributed by atoms with Gasteiger partial charge in [-0.05, 0) is 12.1 Å². The monoisotopic (exact) mass is 232 g/mol. The highest BCUT2D eigenvalue weighted by atomic mass is 16.4. The minimum absolute atomic E-state index is 0.144. The molecule has 0 atom stereocenters. The zero-order chi connectivity index (χ0) is 12.6. The lowest BCUT2D eigenvalue weighted by Gasteiger charge is -2.21. The summed E-state index contributed by atoms with van der Waals surface area (Å²) in [4.78, 5) is 34.0. The molecule has 1 aromatic rings. The van der Waals surface area contributed by atoms with Crippen LogP contribution in [0.15, 0.2) is 30.4 Å². The van der Waals surface area contributed by atoms with Crippen molar-refractivity contribution in [2.24, 2.45) is 0 Å². The van der Waals surface area contributed by atoms with Crippen LogP contribution in [-0.2, 0) is 9.59 Å². The Morgan fingerprint density at radius 3 is 2.24 bits per heavy atom. The number of hydrogen-bond donors (Lipinski definition) is 1. The molecule has 1 aromatic carbocycles. The molecule has 86 valence electrons. The maximum Gasteiger partial charge on any atom is 0.335 e. The number of carboxylic acids is 1. The number of carboxylic acid groups (broad SMARTS) is 1. The predicted octanol–water partition coefficient (Wildman–Crippen LogP) is -0.112. The molecule has 1 N–H and O–H groups in total. The fourth-order valence-electron chi connectivity index (χ4n) is 1.47. The highest BCUT2D eigenvalue weighted by Crippen LogP contribution is 2.28. The summed E-state index contributed by atoms with van der Waals surface area (Å²) >= 11 is 0. The van der Waals surface area contributed by atoms with E-state index in [0.717, 1.165) is 30.4 Å². The fraction of sp³-hybridized carbons (Fsp3) is 0. The predicted molar refractivity (Wildman–Crippen MR) is 54.5 cm³/mol. The molecule has 2 amide bonds. The first kappa shape index (κ1) is 10.9. The third-order valence-electron chi connectivity index (χ3n) is 2.26. The number of aromatic carboxylic acids is 1. The van der Waals surface area contributed by atoms with E-state index in [2.05, 4.69) is 0 Å². The Morgan fingerprint density at radius 1 is 1.18 bits per heavy atom. The molecule has 0 radical (unpaired) electrons. The molecule has 0 bridgehead atoms. The van der Waals surface area contributed by atoms with Crippen LogP contribution in [0.25, 0.3) is 0 Å². The maximum atomic E-state index is 11.6. The molecule has 0 saturated heterocycles. The van der Waals surface area contributed by atoms with Gasteiger partial charge in [0.1, 0.15) is 0 Å². The van der Waals surface area contributed by atoms with Crippen LogP contribution >= 0.6 is 0 Å². The number of carbonyl (C=O) groups is 3. The third kappa shape index (κ3) is 1.76. The number of anilines is 1. The van der Waals surface area contributed by atoms with E-state index in [1.165, 1.54) is 0 Å². The second-order valence-corrected chi connectivity index (χ2v) is 3.33. The fourth-order valence-corrected chi connectivity index (χ4v) is 1.47. The molecule has 0 aliphatic carbocycles. The SMILES string of the molecule is O=C(O)c1ccc(N2C(=O)C=CC2=O)c([O-])c1. The summed E-state index contributed by atoms with van der Waals surface area (Å²) in [7, 11) is 0. The number of amides is 2. The summed E-state index contributed by atoms with van der Waals surface area (Å²) in [6.07, 6.45) is 2.10. The van der Waals surface area contributed by atoms with E-state index < -0.39 is 23.5 Å². The summed E-state index contributed by atoms with van der Waals surface area (Å²) in [5.74, 6) is -3.16. The number of benzene rings is 1. The molecule has 1 aliphatic heterocycles. The van der Waals surface area contributed by atoms with Crippen molar-refractivity contribution in [3.63, 3.8) is 0 Å². The first-order valence-electron chi connectivity index (χ1n) is 4.61. The second kappa shape index (κ2) is 3.75. The molecule has 1 heterocycles. The number of rotatable bonds is 2. The maximum absolute atomic E-state index is 11.6. The first-order valence-corrected chi connectivity index (χ1v) is 4.61. The summed E-state index contributed by atoms with van der Waals surface area (Å²) in [5.41, 5.74) is -0.333. The van der Waals surface area contributed by atoms with Gasteiger partial charge in [0.2, 0.25) is 0 Å². The van der Waals surface area contributed by atoms with Gasteiger partial charge in [-0.1, -0.05) is 11.8 Å². The van der Waals surface area contributed by atoms with Crippen molar-refractivity contribution in [2.75, 3.05) is 4.90 Å². The van der Waals surface area contributed by atoms with Gasteiger partial charge in [0, 0.05) is 17.8 Å². The van der Waals surface area contributed by atoms with E-state index >= 15 is 0 Å². The number of nitrogens with zero attached hydrogens (tertiary/aromatic N) is 1. The molecule has 0 fully saturated rings. The quantitative estimate of drug-likeness (QED) is 0.717. The topological polar surface area (TPSA) is 97.7 Å². The van der Waals surface area contributed by atoms with Gasteiger partial charge < -0.3 is 10.2 Å². The Hall–Kier alpha value is -2.63. The van der Waals surface area contributed by atoms with Gasteiger partial charge in [0.25, 0.3) is 11.8 Å². The third-order valence-corrected chi connectivity index (χ3v) is 2.26. The van der Waals surface area contributed by atoms with Crippen molar-refractivity contribution < 1.29 is 24.6 Å². The largest absolute Gasteiger partial charge is 0.871 e. The first-order chi connectivity index (χ1) is 8.00. The van der Waals surface area contributed by atoms with Gasteiger partial charge in [0.15, 0.2) is 0 Å². The van der Waals surface area contributed by atoms with E-state index in [1.54, 1.807) is 0 Å². The summed E-state index contributed by atoms with van der Waals surface area (Å²) in [5, 5.41) is 20.3. The van der Waals surface area contributed by atoms with Gasteiger partial charge in [-0.3, -0.25) is 9.59 Å². The Labute approximate surface area is 95.4 Å². The van der Waals surface area contributed by atoms with Crippen LogP contribution in [0.1, 0.15) is 10.4 Å². The highest BCUT2D eigenvalue weighted by molar-refractivity contribution is 6.28. The summed E-state index contributed by atoms with van der Waals surface area (Å²) in [6.45, 7) is 0. The lowest BCUT2D eigenvalue weighted by atomic mass is 10.2. The Balaban J connectivity index is 2.44. The molecule has 0 saturated carbocycles. The normalized spacial score (nSPS) is 14.5. The van der Waals surface area contributed by atoms with Crippen molar-refractivity contribution in [1.29, 1.82) is 0 Å². The van der Waals surface area contributed by atoms with Crippen molar-refractivity contribution in [3.8, 4) is 5.75 Å². The zero-order valence-electron chi connectivity index (χ0n) is 8.41. The smallest absolute Gasteiger partial charge is 0.335 e. The van der Waals surface area contributed by atoms with Gasteiger partial charge in [-0.15, -0.1) is 0 Å². The number of imide groups is 1. The average Bonchev–Trinajstić information content (AvgIpc) is 2.59. The molecular weight excluding hydrogens is 226 g/mol. The van der Waals surface area contributed by atoms with Gasteiger partial charge in [-0.25, -0.2) is 9.69 Å². The van der Waals surface area contributed by atoms with Gasteiger partial charge >= 0.3 is 5.97 Å². The molecule has 1 aliphatic rings. The number of hydrogen-bond acceptors (Lipinski definition) is 4. The molecule has 0 unspecified atom stereocenters. The second-order valence-electron chi connectivity index (χ2n) is 3.33. The number of carbonyl (C=O) groups excluding carboxylic acids is 2. The molecule has 17 heavy (non-hydrogen) atoms. The molecule has 6 heteroatoms. The highest BCUT2D eigenvalue weighted by Gasteiger charge is 2.25. The van der Waals surface area contributed by atoms with Crippen molar-refractivity contribution in [3.05, 3.63) is 35.9 Å². The molecule has 6 nitrogen and oxygen atoms in total. The summed E-state index contributed by atoms with van der Waals surface area (Å²) < 4.78 is 0. The van der Waals surface area contributed by atoms with Gasteiger partial charge in [-0.2, -0.15) is 0 Å². The van der Waals surface area contributed by atoms with Crippen LogP contribution in [0.4, 0.5) is 5.69 Å². The minimum atomic E-state index is -1.24. The Morgan fingerprint density at radius 2 is 1.76 bits per heavy atom. The van der Waals surface area contributed by atoms with Crippen molar-refractivity contribution in [1.82, 2.24) is 0 Å². The van der Waals surface area contributed by atoms with Crippen molar-refractivity contribution in [2.45, 2.75) is 0 Å². The molecular formula is C11H6NO5-. The zero-order valence-corrected chi connectivity index (χ0v) is 8.41. The van der Waals surface area contributed by atoms with Crippen LogP contribution in [0.2, 0.25) is 0 Å². The van der Waals surface area contributed by atoms with Crippen LogP contribution in [0.5, 0.6) is 5.75 Å². The van der Waals surface area contributed by atoms with E-state index in [0.29, 0.717) is 4.90 Å². The van der Waals surface area contributed by atoms with Gasteiger partial charge in [0.05, 0.1) is 5.56 Å². The van der Waals surface area contributed by atoms with Crippen LogP contribution in [-0.4, -0.2) is 22.9 Å². The standard InChI is InChI=1S/C11H7NO5/c13-8-5-6(11(16)17)1-2-7(8)12-9(14)3-4-10(12)15/h1-5,13H,(H,16,17)/p-1. The Kier molecular flexibility index (Phi) is 2.40. The van der Waals surface area contributed by atoms with E-state index in [9.17, 15) is 19.5 Å². The van der Waals surface area contributed by atoms with Crippen LogP contribution in [0.3, 0.4) is 0 Å². The van der Waals surface area contributed by atoms with E-state index in [1.807, 2.05) is 0 Å². The summed E-state index contributed by atoms with van der Waals surface area (Å²) in [6, 6.07) is 3.18. The van der Waals surface area contributed by atoms with E-state index in [-0.39, 0.29) is 11.3 Å². The Bertz CT molecular complexity index is 543. The van der Waals surface area contributed by atoms with Crippen molar-refractivity contribution >= 4 is 23.5 Å². The van der Waals surface area contributed by atoms with E-state index in [4.69, 9.17) is 5.11 Å². The molecule has 0 aromatic heterocycles.